The molecule has 1 atom stereocenters. The number of hydrogen-bond acceptors (Lipinski definition) is 6. The van der Waals surface area contributed by atoms with E-state index in [1.54, 1.807) is 12.1 Å². The molecule has 1 aliphatic rings. The van der Waals surface area contributed by atoms with Crippen LogP contribution in [0.2, 0.25) is 0 Å². The van der Waals surface area contributed by atoms with E-state index in [2.05, 4.69) is 9.98 Å². The number of hydrogen-bond donors (Lipinski definition) is 1. The molecule has 2 heterocycles. The third-order valence-electron chi connectivity index (χ3n) is 5.93. The molecule has 4 aromatic rings. The minimum Gasteiger partial charge on any atom is -0.368 e. The van der Waals surface area contributed by atoms with Gasteiger partial charge in [-0.3, -0.25) is 4.99 Å². The van der Waals surface area contributed by atoms with Crippen LogP contribution in [0.4, 0.5) is 14.7 Å². The van der Waals surface area contributed by atoms with Gasteiger partial charge in [0.25, 0.3) is 0 Å². The van der Waals surface area contributed by atoms with Crippen LogP contribution < -0.4 is 5.73 Å². The topological polar surface area (TPSA) is 103 Å². The molecule has 178 valence electrons. The molecule has 35 heavy (non-hydrogen) atoms. The molecule has 7 nitrogen and oxygen atoms in total. The number of rotatable bonds is 5. The lowest BCUT2D eigenvalue weighted by molar-refractivity contribution is 0.477. The molecular formula is C25H21F2N5O2S. The number of fused-ring (bicyclic) bond motifs is 1. The number of imidazole rings is 1. The van der Waals surface area contributed by atoms with E-state index in [1.807, 2.05) is 30.3 Å². The van der Waals surface area contributed by atoms with Crippen molar-refractivity contribution in [3.8, 4) is 0 Å². The largest absolute Gasteiger partial charge is 0.368 e. The molecule has 1 aliphatic heterocycles. The molecule has 0 fully saturated rings. The lowest BCUT2D eigenvalue weighted by Gasteiger charge is -2.25. The van der Waals surface area contributed by atoms with Crippen LogP contribution >= 0.6 is 0 Å². The summed E-state index contributed by atoms with van der Waals surface area (Å²) >= 11 is 0. The van der Waals surface area contributed by atoms with Crippen LogP contribution in [0.5, 0.6) is 0 Å². The minimum atomic E-state index is -3.88. The first-order valence-corrected chi connectivity index (χ1v) is 12.3. The quantitative estimate of drug-likeness (QED) is 0.449. The van der Waals surface area contributed by atoms with Crippen LogP contribution in [0.1, 0.15) is 30.5 Å². The predicted molar refractivity (Wildman–Crippen MR) is 132 cm³/mol. The summed E-state index contributed by atoms with van der Waals surface area (Å²) in [5, 5.41) is -0.781. The third kappa shape index (κ3) is 3.52. The molecule has 0 aliphatic carbocycles. The highest BCUT2D eigenvalue weighted by molar-refractivity contribution is 7.90. The molecule has 3 aromatic carbocycles. The number of aliphatic imine (C=N–C) groups is 2. The zero-order chi connectivity index (χ0) is 25.0. The monoisotopic (exact) mass is 493 g/mol. The summed E-state index contributed by atoms with van der Waals surface area (Å²) in [6.45, 7) is 3.05. The lowest BCUT2D eigenvalue weighted by Crippen LogP contribution is -2.26. The molecular weight excluding hydrogens is 472 g/mol. The number of nitrogens with zero attached hydrogens (tertiary/aromatic N) is 4. The van der Waals surface area contributed by atoms with Crippen molar-refractivity contribution in [1.29, 1.82) is 0 Å². The summed E-state index contributed by atoms with van der Waals surface area (Å²) in [5.74, 6) is -1.87. The Labute approximate surface area is 200 Å². The molecule has 0 radical (unpaired) electrons. The number of nitrogen functional groups attached to an aromatic ring is 1. The molecule has 0 saturated carbocycles. The van der Waals surface area contributed by atoms with Gasteiger partial charge in [-0.2, -0.15) is 0 Å². The summed E-state index contributed by atoms with van der Waals surface area (Å²) in [5.41, 5.74) is 5.67. The SMILES string of the molecule is CC(C)S(=O)(=O)n1c(N)nc2ccc(C3(c4c(F)cccc4F)N=CC(c4ccccc4)=N3)cc21. The van der Waals surface area contributed by atoms with Crippen molar-refractivity contribution in [3.63, 3.8) is 0 Å². The van der Waals surface area contributed by atoms with Crippen molar-refractivity contribution in [3.05, 3.63) is 95.1 Å². The van der Waals surface area contributed by atoms with Crippen molar-refractivity contribution in [2.45, 2.75) is 24.8 Å². The predicted octanol–water partition coefficient (Wildman–Crippen LogP) is 4.26. The fraction of sp³-hybridized carbons (Fsp3) is 0.160. The van der Waals surface area contributed by atoms with E-state index >= 15 is 8.78 Å². The van der Waals surface area contributed by atoms with Crippen LogP contribution in [0, 0.1) is 11.6 Å². The zero-order valence-corrected chi connectivity index (χ0v) is 19.7. The normalized spacial score (nSPS) is 17.9. The average Bonchev–Trinajstić information content (AvgIpc) is 3.41. The highest BCUT2D eigenvalue weighted by atomic mass is 32.2. The molecule has 0 bridgehead atoms. The van der Waals surface area contributed by atoms with Crippen LogP contribution in [-0.2, 0) is 15.7 Å². The molecule has 1 aromatic heterocycles. The van der Waals surface area contributed by atoms with E-state index in [0.717, 1.165) is 16.1 Å². The van der Waals surface area contributed by atoms with Crippen LogP contribution in [0.15, 0.2) is 76.7 Å². The summed E-state index contributed by atoms with van der Waals surface area (Å²) in [6, 6.07) is 17.2. The number of nitrogens with two attached hydrogens (primary N) is 1. The highest BCUT2D eigenvalue weighted by Gasteiger charge is 2.42. The summed E-state index contributed by atoms with van der Waals surface area (Å²) < 4.78 is 57.3. The van der Waals surface area contributed by atoms with E-state index in [0.29, 0.717) is 16.8 Å². The van der Waals surface area contributed by atoms with Crippen molar-refractivity contribution < 1.29 is 17.2 Å². The third-order valence-corrected chi connectivity index (χ3v) is 8.01. The van der Waals surface area contributed by atoms with E-state index in [-0.39, 0.29) is 22.6 Å². The second-order valence-electron chi connectivity index (χ2n) is 8.42. The second-order valence-corrected chi connectivity index (χ2v) is 10.8. The van der Waals surface area contributed by atoms with Crippen molar-refractivity contribution in [2.75, 3.05) is 5.73 Å². The second kappa shape index (κ2) is 8.09. The summed E-state index contributed by atoms with van der Waals surface area (Å²) in [6.07, 6.45) is 1.46. The van der Waals surface area contributed by atoms with E-state index in [4.69, 9.17) is 10.7 Å². The van der Waals surface area contributed by atoms with Gasteiger partial charge in [0.1, 0.15) is 11.6 Å². The van der Waals surface area contributed by atoms with Gasteiger partial charge in [0.2, 0.25) is 21.6 Å². The first-order valence-electron chi connectivity index (χ1n) is 10.8. The molecule has 2 N–H and O–H groups in total. The van der Waals surface area contributed by atoms with E-state index in [1.165, 1.54) is 32.2 Å². The number of anilines is 1. The maximum absolute atomic E-state index is 15.1. The lowest BCUT2D eigenvalue weighted by atomic mass is 9.91. The van der Waals surface area contributed by atoms with Crippen molar-refractivity contribution in [2.24, 2.45) is 9.98 Å². The Kier molecular flexibility index (Phi) is 5.28. The van der Waals surface area contributed by atoms with Crippen LogP contribution in [0.3, 0.4) is 0 Å². The Hall–Kier alpha value is -3.92. The number of halogens is 2. The van der Waals surface area contributed by atoms with Gasteiger partial charge in [0.05, 0.1) is 33.8 Å². The summed E-state index contributed by atoms with van der Waals surface area (Å²) in [4.78, 5) is 13.4. The zero-order valence-electron chi connectivity index (χ0n) is 18.9. The average molecular weight is 494 g/mol. The highest BCUT2D eigenvalue weighted by Crippen LogP contribution is 2.42. The van der Waals surface area contributed by atoms with Gasteiger partial charge >= 0.3 is 0 Å². The number of aromatic nitrogens is 2. The first-order chi connectivity index (χ1) is 16.6. The minimum absolute atomic E-state index is 0.170. The smallest absolute Gasteiger partial charge is 0.244 e. The number of benzene rings is 3. The molecule has 0 saturated heterocycles. The Morgan fingerprint density at radius 1 is 0.971 bits per heavy atom. The van der Waals surface area contributed by atoms with Gasteiger partial charge in [-0.1, -0.05) is 42.5 Å². The van der Waals surface area contributed by atoms with E-state index in [9.17, 15) is 8.42 Å². The first kappa shape index (κ1) is 22.9. The van der Waals surface area contributed by atoms with Crippen molar-refractivity contribution in [1.82, 2.24) is 8.96 Å². The molecule has 10 heteroatoms. The molecule has 0 amide bonds. The van der Waals surface area contributed by atoms with Gasteiger partial charge in [-0.25, -0.2) is 31.1 Å². The Morgan fingerprint density at radius 2 is 1.66 bits per heavy atom. The molecule has 1 unspecified atom stereocenters. The maximum Gasteiger partial charge on any atom is 0.244 e. The Bertz CT molecular complexity index is 1610. The standard InChI is InChI=1S/C25H21F2N5O2S/c1-15(2)35(33,34)32-22-13-17(11-12-20(22)30-24(32)28)25(23-18(26)9-6-10-19(23)27)29-14-21(31-25)16-7-4-3-5-8-16/h3-15H,1-2H3,(H2,28,30). The van der Waals surface area contributed by atoms with Crippen LogP contribution in [0.25, 0.3) is 11.0 Å². The van der Waals surface area contributed by atoms with E-state index < -0.39 is 32.6 Å². The van der Waals surface area contributed by atoms with Gasteiger partial charge < -0.3 is 5.73 Å². The fourth-order valence-electron chi connectivity index (χ4n) is 4.14. The fourth-order valence-corrected chi connectivity index (χ4v) is 5.28. The molecule has 5 rings (SSSR count). The Morgan fingerprint density at radius 3 is 2.31 bits per heavy atom. The van der Waals surface area contributed by atoms with Gasteiger partial charge in [0, 0.05) is 11.1 Å². The molecule has 0 spiro atoms. The van der Waals surface area contributed by atoms with Gasteiger partial charge in [0.15, 0.2) is 0 Å². The Balaban J connectivity index is 1.82. The summed E-state index contributed by atoms with van der Waals surface area (Å²) in [7, 11) is -3.88. The van der Waals surface area contributed by atoms with Crippen LogP contribution in [-0.4, -0.2) is 34.6 Å². The maximum atomic E-state index is 15.1. The van der Waals surface area contributed by atoms with Gasteiger partial charge in [-0.15, -0.1) is 0 Å². The van der Waals surface area contributed by atoms with Gasteiger partial charge in [-0.05, 0) is 38.1 Å². The van der Waals surface area contributed by atoms with Crippen molar-refractivity contribution >= 4 is 38.9 Å².